The lowest BCUT2D eigenvalue weighted by molar-refractivity contribution is -0.142. The minimum Gasteiger partial charge on any atom is -0.480 e. The predicted molar refractivity (Wildman–Crippen MR) is 91.0 cm³/mol. The summed E-state index contributed by atoms with van der Waals surface area (Å²) >= 11 is 0. The number of aliphatic carboxylic acids is 1. The second kappa shape index (κ2) is 7.81. The topological polar surface area (TPSA) is 93.3 Å². The number of carbonyl (C=O) groups is 2. The molecule has 2 N–H and O–H groups in total. The Morgan fingerprint density at radius 1 is 1.17 bits per heavy atom. The van der Waals surface area contributed by atoms with Gasteiger partial charge in [0, 0.05) is 6.54 Å². The van der Waals surface area contributed by atoms with Crippen LogP contribution in [0.2, 0.25) is 0 Å². The molecule has 1 unspecified atom stereocenters. The number of hydrogen-bond acceptors (Lipinski definition) is 3. The average molecular weight is 333 g/mol. The van der Waals surface area contributed by atoms with Crippen molar-refractivity contribution >= 4 is 22.9 Å². The van der Waals surface area contributed by atoms with E-state index in [1.165, 1.54) is 4.57 Å². The third-order valence-electron chi connectivity index (χ3n) is 4.02. The van der Waals surface area contributed by atoms with E-state index >= 15 is 0 Å². The zero-order valence-electron chi connectivity index (χ0n) is 14.0. The van der Waals surface area contributed by atoms with Crippen LogP contribution in [-0.4, -0.2) is 32.2 Å². The molecule has 1 aromatic carbocycles. The van der Waals surface area contributed by atoms with E-state index in [0.29, 0.717) is 24.9 Å². The molecule has 0 saturated carbocycles. The van der Waals surface area contributed by atoms with Crippen molar-refractivity contribution in [1.29, 1.82) is 0 Å². The van der Waals surface area contributed by atoms with Gasteiger partial charge in [-0.25, -0.2) is 9.59 Å². The molecule has 24 heavy (non-hydrogen) atoms. The monoisotopic (exact) mass is 333 g/mol. The van der Waals surface area contributed by atoms with E-state index in [0.717, 1.165) is 11.9 Å². The number of carbonyl (C=O) groups excluding carboxylic acids is 1. The SMILES string of the molecule is CCCCC(NC(=O)Cn1c(=O)n(CC)c2ccccc21)C(=O)O. The molecule has 0 saturated heterocycles. The smallest absolute Gasteiger partial charge is 0.329 e. The Hall–Kier alpha value is -2.57. The summed E-state index contributed by atoms with van der Waals surface area (Å²) < 4.78 is 2.97. The lowest BCUT2D eigenvalue weighted by atomic mass is 10.1. The number of unbranched alkanes of at least 4 members (excludes halogenated alkanes) is 1. The Morgan fingerprint density at radius 3 is 2.33 bits per heavy atom. The molecule has 1 amide bonds. The lowest BCUT2D eigenvalue weighted by Crippen LogP contribution is -2.43. The number of carboxylic acid groups (broad SMARTS) is 1. The fraction of sp³-hybridized carbons (Fsp3) is 0.471. The zero-order valence-corrected chi connectivity index (χ0v) is 14.0. The first-order chi connectivity index (χ1) is 11.5. The zero-order chi connectivity index (χ0) is 17.7. The van der Waals surface area contributed by atoms with Gasteiger partial charge in [-0.1, -0.05) is 31.9 Å². The van der Waals surface area contributed by atoms with Gasteiger partial charge in [0.2, 0.25) is 5.91 Å². The van der Waals surface area contributed by atoms with Crippen LogP contribution in [-0.2, 0) is 22.7 Å². The summed E-state index contributed by atoms with van der Waals surface area (Å²) in [5.74, 6) is -1.53. The highest BCUT2D eigenvalue weighted by Gasteiger charge is 2.21. The molecule has 0 fully saturated rings. The highest BCUT2D eigenvalue weighted by Crippen LogP contribution is 2.12. The normalized spacial score (nSPS) is 12.2. The van der Waals surface area contributed by atoms with Gasteiger partial charge in [-0.2, -0.15) is 0 Å². The van der Waals surface area contributed by atoms with Crippen LogP contribution in [0.1, 0.15) is 33.1 Å². The van der Waals surface area contributed by atoms with Gasteiger partial charge < -0.3 is 10.4 Å². The number of aryl methyl sites for hydroxylation is 1. The molecule has 1 aromatic heterocycles. The van der Waals surface area contributed by atoms with E-state index < -0.39 is 17.9 Å². The third kappa shape index (κ3) is 3.67. The third-order valence-corrected chi connectivity index (χ3v) is 4.02. The van der Waals surface area contributed by atoms with Gasteiger partial charge in [0.15, 0.2) is 0 Å². The number of imidazole rings is 1. The summed E-state index contributed by atoms with van der Waals surface area (Å²) in [4.78, 5) is 36.0. The molecule has 0 bridgehead atoms. The van der Waals surface area contributed by atoms with Crippen molar-refractivity contribution in [3.8, 4) is 0 Å². The number of carboxylic acids is 1. The van der Waals surface area contributed by atoms with Crippen molar-refractivity contribution in [2.75, 3.05) is 0 Å². The number of aromatic nitrogens is 2. The second-order valence-corrected chi connectivity index (χ2v) is 5.70. The van der Waals surface area contributed by atoms with Gasteiger partial charge >= 0.3 is 11.7 Å². The van der Waals surface area contributed by atoms with Gasteiger partial charge in [-0.05, 0) is 25.5 Å². The number of para-hydroxylation sites is 2. The summed E-state index contributed by atoms with van der Waals surface area (Å²) in [6.07, 6.45) is 1.94. The van der Waals surface area contributed by atoms with Crippen molar-refractivity contribution in [2.45, 2.75) is 52.2 Å². The summed E-state index contributed by atoms with van der Waals surface area (Å²) in [5.41, 5.74) is 1.16. The maximum Gasteiger partial charge on any atom is 0.329 e. The Balaban J connectivity index is 2.23. The Labute approximate surface area is 139 Å². The summed E-state index contributed by atoms with van der Waals surface area (Å²) in [5, 5.41) is 11.7. The van der Waals surface area contributed by atoms with Crippen molar-refractivity contribution in [2.24, 2.45) is 0 Å². The molecule has 0 radical (unpaired) electrons. The van der Waals surface area contributed by atoms with Crippen LogP contribution in [0, 0.1) is 0 Å². The molecule has 0 spiro atoms. The van der Waals surface area contributed by atoms with Gasteiger partial charge in [0.25, 0.3) is 0 Å². The minimum absolute atomic E-state index is 0.192. The van der Waals surface area contributed by atoms with Crippen molar-refractivity contribution in [1.82, 2.24) is 14.5 Å². The number of fused-ring (bicyclic) bond motifs is 1. The molecule has 7 heteroatoms. The maximum absolute atomic E-state index is 12.5. The van der Waals surface area contributed by atoms with Gasteiger partial charge in [0.1, 0.15) is 12.6 Å². The predicted octanol–water partition coefficient (Wildman–Crippen LogP) is 1.58. The molecular formula is C17H23N3O4. The highest BCUT2D eigenvalue weighted by molar-refractivity contribution is 5.85. The molecular weight excluding hydrogens is 310 g/mol. The molecule has 1 heterocycles. The number of rotatable bonds is 8. The van der Waals surface area contributed by atoms with Crippen molar-refractivity contribution < 1.29 is 14.7 Å². The van der Waals surface area contributed by atoms with Crippen molar-refractivity contribution in [3.63, 3.8) is 0 Å². The quantitative estimate of drug-likeness (QED) is 0.767. The van der Waals surface area contributed by atoms with Crippen LogP contribution in [0.4, 0.5) is 0 Å². The van der Waals surface area contributed by atoms with Crippen LogP contribution in [0.3, 0.4) is 0 Å². The molecule has 1 atom stereocenters. The maximum atomic E-state index is 12.5. The number of nitrogens with one attached hydrogen (secondary N) is 1. The van der Waals surface area contributed by atoms with Crippen LogP contribution >= 0.6 is 0 Å². The summed E-state index contributed by atoms with van der Waals surface area (Å²) in [6.45, 7) is 4.13. The molecule has 130 valence electrons. The second-order valence-electron chi connectivity index (χ2n) is 5.70. The summed E-state index contributed by atoms with van der Waals surface area (Å²) in [6, 6.07) is 6.33. The van der Waals surface area contributed by atoms with E-state index in [4.69, 9.17) is 0 Å². The first kappa shape index (κ1) is 17.8. The number of benzene rings is 1. The van der Waals surface area contributed by atoms with E-state index in [-0.39, 0.29) is 12.2 Å². The number of hydrogen-bond donors (Lipinski definition) is 2. The lowest BCUT2D eigenvalue weighted by Gasteiger charge is -2.14. The number of nitrogens with zero attached hydrogens (tertiary/aromatic N) is 2. The number of amides is 1. The van der Waals surface area contributed by atoms with E-state index in [1.54, 1.807) is 16.7 Å². The van der Waals surface area contributed by atoms with Gasteiger partial charge in [0.05, 0.1) is 11.0 Å². The molecule has 7 nitrogen and oxygen atoms in total. The first-order valence-electron chi connectivity index (χ1n) is 8.19. The summed E-state index contributed by atoms with van der Waals surface area (Å²) in [7, 11) is 0. The van der Waals surface area contributed by atoms with Crippen LogP contribution in [0.25, 0.3) is 11.0 Å². The standard InChI is InChI=1S/C17H23N3O4/c1-3-5-8-12(16(22)23)18-15(21)11-20-14-10-7-6-9-13(14)19(4-2)17(20)24/h6-7,9-10,12H,3-5,8,11H2,1-2H3,(H,18,21)(H,22,23). The van der Waals surface area contributed by atoms with E-state index in [2.05, 4.69) is 5.32 Å². The molecule has 2 aromatic rings. The van der Waals surface area contributed by atoms with Crippen LogP contribution < -0.4 is 11.0 Å². The van der Waals surface area contributed by atoms with Gasteiger partial charge in [-0.3, -0.25) is 13.9 Å². The average Bonchev–Trinajstić information content (AvgIpc) is 2.83. The molecule has 0 aliphatic heterocycles. The molecule has 0 aliphatic carbocycles. The fourth-order valence-corrected chi connectivity index (χ4v) is 2.78. The highest BCUT2D eigenvalue weighted by atomic mass is 16.4. The fourth-order valence-electron chi connectivity index (χ4n) is 2.78. The molecule has 2 rings (SSSR count). The Kier molecular flexibility index (Phi) is 5.78. The largest absolute Gasteiger partial charge is 0.480 e. The van der Waals surface area contributed by atoms with Gasteiger partial charge in [-0.15, -0.1) is 0 Å². The Bertz CT molecular complexity index is 791. The Morgan fingerprint density at radius 2 is 1.79 bits per heavy atom. The van der Waals surface area contributed by atoms with E-state index in [9.17, 15) is 19.5 Å². The minimum atomic E-state index is -1.06. The van der Waals surface area contributed by atoms with E-state index in [1.807, 2.05) is 26.0 Å². The first-order valence-corrected chi connectivity index (χ1v) is 8.19. The molecule has 0 aliphatic rings. The van der Waals surface area contributed by atoms with Crippen LogP contribution in [0.15, 0.2) is 29.1 Å². The van der Waals surface area contributed by atoms with Crippen molar-refractivity contribution in [3.05, 3.63) is 34.7 Å². The van der Waals surface area contributed by atoms with Crippen LogP contribution in [0.5, 0.6) is 0 Å².